The molecule has 5 nitrogen and oxygen atoms in total. The van der Waals surface area contributed by atoms with Crippen LogP contribution in [0, 0.1) is 0 Å². The Morgan fingerprint density at radius 1 is 0.231 bits per heavy atom. The van der Waals surface area contributed by atoms with Gasteiger partial charge in [-0.1, -0.05) is 335 Å². The van der Waals surface area contributed by atoms with E-state index in [1.165, 1.54) is 123 Å². The van der Waals surface area contributed by atoms with Crippen molar-refractivity contribution in [3.63, 3.8) is 0 Å². The van der Waals surface area contributed by atoms with E-state index in [9.17, 15) is 21.6 Å². The fraction of sp³-hybridized carbons (Fsp3) is 0.0200. The van der Waals surface area contributed by atoms with Gasteiger partial charge < -0.3 is 14.8 Å². The highest BCUT2D eigenvalue weighted by Crippen LogP contribution is 2.40. The van der Waals surface area contributed by atoms with Gasteiger partial charge in [0.1, 0.15) is 0 Å². The summed E-state index contributed by atoms with van der Waals surface area (Å²) in [5, 5.41) is 9.44. The van der Waals surface area contributed by atoms with E-state index >= 15 is 0 Å². The molecule has 2 N–H and O–H groups in total. The Labute approximate surface area is 721 Å². The number of halogens is 3. The summed E-state index contributed by atoms with van der Waals surface area (Å²) in [7, 11) is 34.0. The van der Waals surface area contributed by atoms with Crippen LogP contribution in [0.3, 0.4) is 0 Å². The molecule has 0 fully saturated rings. The lowest BCUT2D eigenvalue weighted by Crippen LogP contribution is -2.38. The standard InChI is InChI=1S/2C42H31N.C15H9F3O3S.CH4.2B6/c2*1-4-10-31(11-5-1)34-16-18-35(19-17-34)36-20-24-41(25-21-36)43-42-26-22-37(23-27-42)40-29-38(32-12-6-2-7-13-32)28-39(30-40)33-14-8-3-9-15-33;16-15(17,18)22(19,20)21-13-7-3-5-11-9-8-10-4-1-2-6-12(10)14(11)13;;2*1-5(2)6(3)4/h2*1-30,43H;1-9H;1H4;;. The second-order valence-corrected chi connectivity index (χ2v) is 30.0. The Hall–Kier alpha value is -12.8. The lowest BCUT2D eigenvalue weighted by Gasteiger charge is -2.12. The maximum Gasteiger partial charge on any atom is 0.534 e. The Kier molecular flexibility index (Phi) is 30.2. The van der Waals surface area contributed by atoms with Gasteiger partial charge in [-0.25, -0.2) is 0 Å². The van der Waals surface area contributed by atoms with E-state index in [1.807, 2.05) is 12.1 Å². The van der Waals surface area contributed by atoms with Crippen LogP contribution in [0.4, 0.5) is 35.9 Å². The summed E-state index contributed by atoms with van der Waals surface area (Å²) in [4.78, 5) is 0. The van der Waals surface area contributed by atoms with Crippen molar-refractivity contribution in [2.45, 2.75) is 12.9 Å². The predicted octanol–water partition coefficient (Wildman–Crippen LogP) is 23.8. The predicted molar refractivity (Wildman–Crippen MR) is 520 cm³/mol. The number of nitrogens with one attached hydrogen (secondary N) is 2. The van der Waals surface area contributed by atoms with Crippen LogP contribution in [-0.4, -0.2) is 101 Å². The minimum absolute atomic E-state index is 0. The molecule has 121 heavy (non-hydrogen) atoms. The van der Waals surface area contributed by atoms with Crippen LogP contribution in [0.5, 0.6) is 5.75 Å². The second-order valence-electron chi connectivity index (χ2n) is 28.4. The molecule has 0 aliphatic carbocycles. The van der Waals surface area contributed by atoms with Gasteiger partial charge in [-0.2, -0.15) is 21.6 Å². The highest BCUT2D eigenvalue weighted by molar-refractivity contribution is 7.88. The van der Waals surface area contributed by atoms with E-state index in [0.29, 0.717) is 16.2 Å². The zero-order valence-electron chi connectivity index (χ0n) is 65.5. The van der Waals surface area contributed by atoms with Crippen molar-refractivity contribution in [1.29, 1.82) is 0 Å². The van der Waals surface area contributed by atoms with Crippen molar-refractivity contribution in [2.24, 2.45) is 0 Å². The molecule has 17 rings (SSSR count). The molecule has 17 aromatic rings. The van der Waals surface area contributed by atoms with Gasteiger partial charge >= 0.3 is 15.6 Å². The molecule has 0 amide bonds. The van der Waals surface area contributed by atoms with Crippen molar-refractivity contribution in [3.8, 4) is 117 Å². The molecule has 21 heteroatoms. The Balaban J connectivity index is 0.000000161. The average molecular weight is 1570 g/mol. The Morgan fingerprint density at radius 3 is 0.678 bits per heavy atom. The summed E-state index contributed by atoms with van der Waals surface area (Å²) in [5.74, 6) is -0.341. The molecule has 17 aromatic carbocycles. The van der Waals surface area contributed by atoms with E-state index < -0.39 is 41.2 Å². The van der Waals surface area contributed by atoms with Crippen LogP contribution in [0.15, 0.2) is 419 Å². The number of rotatable bonds is 18. The molecule has 0 atom stereocenters. The minimum Gasteiger partial charge on any atom is -0.375 e. The van der Waals surface area contributed by atoms with Crippen molar-refractivity contribution < 1.29 is 25.8 Å². The normalized spacial score (nSPS) is 10.7. The smallest absolute Gasteiger partial charge is 0.375 e. The SMILES string of the molecule is C.O=S(=O)(Oc1cccc2ccc3ccccc3c12)C(F)(F)F.[B]B([B])B([B])[B].[B]B([B])B([B])[B].c1ccc(-c2ccc(-c3ccc(Nc4ccc(-c5cc(-c6ccccc6)cc(-c6ccccc6)c5)cc4)cc3)cc2)cc1.c1ccc(-c2ccc(-c3ccc(Nc4ccc(-c5cc(-c6ccccc6)cc(-c6ccccc6)c5)cc4)cc3)cc2)cc1. The molecule has 0 unspecified atom stereocenters. The van der Waals surface area contributed by atoms with Crippen molar-refractivity contribution in [2.75, 3.05) is 10.6 Å². The van der Waals surface area contributed by atoms with Crippen LogP contribution in [0.25, 0.3) is 133 Å². The van der Waals surface area contributed by atoms with Gasteiger partial charge in [-0.15, -0.1) is 0 Å². The van der Waals surface area contributed by atoms with Gasteiger partial charge in [-0.3, -0.25) is 0 Å². The fourth-order valence-electron chi connectivity index (χ4n) is 13.3. The van der Waals surface area contributed by atoms with Crippen molar-refractivity contribution in [3.05, 3.63) is 419 Å². The minimum atomic E-state index is -5.71. The first-order chi connectivity index (χ1) is 58.1. The topological polar surface area (TPSA) is 67.4 Å². The third-order valence-corrected chi connectivity index (χ3v) is 20.8. The number of alkyl halides is 3. The van der Waals surface area contributed by atoms with Gasteiger partial charge in [0.2, 0.25) is 0 Å². The molecule has 0 saturated heterocycles. The molecule has 16 radical (unpaired) electrons. The lowest BCUT2D eigenvalue weighted by atomic mass is 8.81. The van der Waals surface area contributed by atoms with E-state index in [1.54, 1.807) is 42.5 Å². The Morgan fingerprint density at radius 2 is 0.430 bits per heavy atom. The number of benzene rings is 17. The van der Waals surface area contributed by atoms with Gasteiger partial charge in [0.25, 0.3) is 0 Å². The highest BCUT2D eigenvalue weighted by atomic mass is 32.2. The number of fused-ring (bicyclic) bond motifs is 3. The van der Waals surface area contributed by atoms with Gasteiger partial charge in [0.15, 0.2) is 5.75 Å². The number of hydrogen-bond donors (Lipinski definition) is 2. The van der Waals surface area contributed by atoms with E-state index in [0.717, 1.165) is 28.1 Å². The molecular formula is C100H75B12F3N2O3S. The van der Waals surface area contributed by atoms with Gasteiger partial charge in [-0.05, 0) is 218 Å². The van der Waals surface area contributed by atoms with Gasteiger partial charge in [0, 0.05) is 116 Å². The van der Waals surface area contributed by atoms with E-state index in [-0.39, 0.29) is 13.2 Å². The first-order valence-corrected chi connectivity index (χ1v) is 40.3. The van der Waals surface area contributed by atoms with Gasteiger partial charge in [0.05, 0.1) is 0 Å². The monoisotopic (exact) mass is 1570 g/mol. The molecule has 0 saturated carbocycles. The maximum absolute atomic E-state index is 12.5. The highest BCUT2D eigenvalue weighted by Gasteiger charge is 2.49. The zero-order chi connectivity index (χ0) is 84.0. The quantitative estimate of drug-likeness (QED) is 0.0388. The van der Waals surface area contributed by atoms with Crippen LogP contribution < -0.4 is 14.8 Å². The molecule has 566 valence electrons. The van der Waals surface area contributed by atoms with Crippen LogP contribution >= 0.6 is 0 Å². The molecule has 0 heterocycles. The third-order valence-electron chi connectivity index (χ3n) is 19.8. The summed E-state index contributed by atoms with van der Waals surface area (Å²) in [6, 6.07) is 144. The van der Waals surface area contributed by atoms with Crippen molar-refractivity contribution in [1.82, 2.24) is 0 Å². The third kappa shape index (κ3) is 23.8. The molecule has 0 aromatic heterocycles. The summed E-state index contributed by atoms with van der Waals surface area (Å²) >= 11 is 0. The first-order valence-electron chi connectivity index (χ1n) is 38.9. The molecule has 0 aliphatic rings. The summed E-state index contributed by atoms with van der Waals surface area (Å²) in [6.07, 6.45) is -2.37. The number of hydrogen-bond acceptors (Lipinski definition) is 5. The number of anilines is 4. The van der Waals surface area contributed by atoms with Crippen LogP contribution in [0.1, 0.15) is 7.43 Å². The summed E-state index contributed by atoms with van der Waals surface area (Å²) < 4.78 is 64.4. The zero-order valence-corrected chi connectivity index (χ0v) is 66.3. The summed E-state index contributed by atoms with van der Waals surface area (Å²) in [6.45, 7) is 0. The molecular weight excluding hydrogens is 1500 g/mol. The first kappa shape index (κ1) is 87.5. The van der Waals surface area contributed by atoms with E-state index in [4.69, 9.17) is 61.9 Å². The maximum atomic E-state index is 12.5. The fourth-order valence-corrected chi connectivity index (χ4v) is 13.8. The van der Waals surface area contributed by atoms with E-state index in [2.05, 4.69) is 367 Å². The summed E-state index contributed by atoms with van der Waals surface area (Å²) in [5.41, 5.74) is 23.1. The Bertz CT molecular complexity index is 5840. The molecule has 0 spiro atoms. The van der Waals surface area contributed by atoms with Crippen molar-refractivity contribution >= 4 is 142 Å². The lowest BCUT2D eigenvalue weighted by molar-refractivity contribution is -0.0499. The largest absolute Gasteiger partial charge is 0.534 e. The average Bonchev–Trinajstić information content (AvgIpc) is 0.769. The van der Waals surface area contributed by atoms with Crippen LogP contribution in [-0.2, 0) is 10.1 Å². The molecule has 0 bridgehead atoms. The molecule has 0 aliphatic heterocycles. The van der Waals surface area contributed by atoms with Crippen LogP contribution in [0.2, 0.25) is 0 Å². The second kappa shape index (κ2) is 41.7.